The van der Waals surface area contributed by atoms with Crippen molar-refractivity contribution in [3.8, 4) is 0 Å². The molecule has 0 heterocycles. The van der Waals surface area contributed by atoms with E-state index in [4.69, 9.17) is 0 Å². The molecule has 3 aromatic rings. The number of rotatable bonds is 4. The fraction of sp³-hybridized carbons (Fsp3) is 0.0741. The number of nitrogens with zero attached hydrogens (tertiary/aromatic N) is 1. The number of carbonyl (C=O) groups is 2. The van der Waals surface area contributed by atoms with E-state index in [-0.39, 0.29) is 16.8 Å². The van der Waals surface area contributed by atoms with Crippen LogP contribution in [-0.2, 0) is 0 Å². The molecule has 0 N–H and O–H groups in total. The number of hydrogen-bond acceptors (Lipinski definition) is 5. The van der Waals surface area contributed by atoms with Crippen LogP contribution in [0.3, 0.4) is 0 Å². The first kappa shape index (κ1) is 20.7. The summed E-state index contributed by atoms with van der Waals surface area (Å²) < 4.78 is 0. The first-order valence-electron chi connectivity index (χ1n) is 10.2. The number of Topliss-reactive ketones (excluding diaryl/α,β-unsaturated/α-hetero) is 2. The Morgan fingerprint density at radius 1 is 0.750 bits per heavy atom. The molecule has 5 heteroatoms. The van der Waals surface area contributed by atoms with E-state index >= 15 is 0 Å². The highest BCUT2D eigenvalue weighted by atomic mass is 32.2. The summed E-state index contributed by atoms with van der Waals surface area (Å²) in [6.45, 7) is 0. The summed E-state index contributed by atoms with van der Waals surface area (Å²) in [5.41, 5.74) is 2.44. The Bertz CT molecular complexity index is 1310. The van der Waals surface area contributed by atoms with Gasteiger partial charge in [-0.1, -0.05) is 60.3 Å². The number of allylic oxidation sites excluding steroid dienone is 3. The van der Waals surface area contributed by atoms with Gasteiger partial charge in [0.05, 0.1) is 16.5 Å². The van der Waals surface area contributed by atoms with Gasteiger partial charge in [-0.15, -0.1) is 11.8 Å². The molecule has 0 fully saturated rings. The van der Waals surface area contributed by atoms with Crippen LogP contribution in [0.4, 0.5) is 0 Å². The summed E-state index contributed by atoms with van der Waals surface area (Å²) in [5, 5.41) is -0.118. The minimum Gasteiger partial charge on any atom is -0.291 e. The van der Waals surface area contributed by atoms with Gasteiger partial charge in [0.2, 0.25) is 0 Å². The Balaban J connectivity index is 1.49. The van der Waals surface area contributed by atoms with E-state index in [1.807, 2.05) is 78.9 Å². The molecule has 5 rings (SSSR count). The van der Waals surface area contributed by atoms with Crippen molar-refractivity contribution >= 4 is 40.8 Å². The van der Waals surface area contributed by atoms with Crippen molar-refractivity contribution < 1.29 is 9.59 Å². The molecule has 2 aliphatic rings. The molecule has 156 valence electrons. The van der Waals surface area contributed by atoms with Crippen LogP contribution < -0.4 is 0 Å². The first-order chi connectivity index (χ1) is 15.7. The molecule has 0 saturated heterocycles. The van der Waals surface area contributed by atoms with Crippen LogP contribution in [0.1, 0.15) is 20.7 Å². The van der Waals surface area contributed by atoms with Gasteiger partial charge >= 0.3 is 0 Å². The summed E-state index contributed by atoms with van der Waals surface area (Å²) in [6.07, 6.45) is 3.77. The number of hydrogen-bond donors (Lipinski definition) is 0. The maximum atomic E-state index is 13.5. The average molecular weight is 454 g/mol. The lowest BCUT2D eigenvalue weighted by Gasteiger charge is -2.27. The first-order valence-corrected chi connectivity index (χ1v) is 11.9. The zero-order chi connectivity index (χ0) is 22.1. The molecule has 3 aromatic carbocycles. The Kier molecular flexibility index (Phi) is 5.68. The fourth-order valence-electron chi connectivity index (χ4n) is 3.92. The van der Waals surface area contributed by atoms with Crippen LogP contribution in [0.2, 0.25) is 0 Å². The highest BCUT2D eigenvalue weighted by Crippen LogP contribution is 2.38. The maximum Gasteiger partial charge on any atom is 0.196 e. The van der Waals surface area contributed by atoms with Crippen molar-refractivity contribution in [3.05, 3.63) is 113 Å². The molecule has 0 aliphatic heterocycles. The lowest BCUT2D eigenvalue weighted by Crippen LogP contribution is -2.33. The Morgan fingerprint density at radius 2 is 1.44 bits per heavy atom. The Hall–Kier alpha value is -3.15. The highest BCUT2D eigenvalue weighted by Gasteiger charge is 2.37. The van der Waals surface area contributed by atoms with Gasteiger partial charge in [-0.2, -0.15) is 0 Å². The molecule has 0 spiro atoms. The second kappa shape index (κ2) is 8.77. The molecule has 0 bridgehead atoms. The van der Waals surface area contributed by atoms with Gasteiger partial charge in [0.15, 0.2) is 11.6 Å². The van der Waals surface area contributed by atoms with Gasteiger partial charge in [-0.05, 0) is 42.5 Å². The van der Waals surface area contributed by atoms with Crippen molar-refractivity contribution in [3.63, 3.8) is 0 Å². The van der Waals surface area contributed by atoms with Crippen LogP contribution in [0.5, 0.6) is 0 Å². The molecule has 32 heavy (non-hydrogen) atoms. The lowest BCUT2D eigenvalue weighted by atomic mass is 9.79. The van der Waals surface area contributed by atoms with Gasteiger partial charge in [0, 0.05) is 38.4 Å². The number of carbonyl (C=O) groups excluding carboxylic acids is 2. The van der Waals surface area contributed by atoms with Crippen LogP contribution in [0.15, 0.2) is 122 Å². The summed E-state index contributed by atoms with van der Waals surface area (Å²) in [7, 11) is 1.69. The van der Waals surface area contributed by atoms with Gasteiger partial charge in [0.1, 0.15) is 0 Å². The topological polar surface area (TPSA) is 46.5 Å². The van der Waals surface area contributed by atoms with E-state index in [1.54, 1.807) is 42.7 Å². The second-order valence-corrected chi connectivity index (χ2v) is 9.75. The summed E-state index contributed by atoms with van der Waals surface area (Å²) in [4.78, 5) is 34.4. The molecule has 0 aromatic heterocycles. The summed E-state index contributed by atoms with van der Waals surface area (Å²) in [6, 6.07) is 25.5. The van der Waals surface area contributed by atoms with Gasteiger partial charge < -0.3 is 0 Å². The van der Waals surface area contributed by atoms with Crippen LogP contribution >= 0.6 is 23.5 Å². The summed E-state index contributed by atoms with van der Waals surface area (Å²) in [5.74, 6) is -0.250. The third-order valence-corrected chi connectivity index (χ3v) is 7.59. The minimum absolute atomic E-state index is 0.118. The predicted octanol–water partition coefficient (Wildman–Crippen LogP) is 6.31. The van der Waals surface area contributed by atoms with Crippen molar-refractivity contribution in [2.75, 3.05) is 7.05 Å². The van der Waals surface area contributed by atoms with E-state index in [9.17, 15) is 9.59 Å². The monoisotopic (exact) mass is 453 g/mol. The molecule has 0 saturated carbocycles. The third-order valence-electron chi connectivity index (χ3n) is 5.41. The predicted molar refractivity (Wildman–Crippen MR) is 131 cm³/mol. The zero-order valence-electron chi connectivity index (χ0n) is 17.3. The zero-order valence-corrected chi connectivity index (χ0v) is 19.0. The van der Waals surface area contributed by atoms with Gasteiger partial charge in [-0.3, -0.25) is 14.6 Å². The maximum absolute atomic E-state index is 13.5. The van der Waals surface area contributed by atoms with E-state index in [0.29, 0.717) is 28.0 Å². The largest absolute Gasteiger partial charge is 0.291 e. The fourth-order valence-corrected chi connectivity index (χ4v) is 5.90. The quantitative estimate of drug-likeness (QED) is 0.464. The van der Waals surface area contributed by atoms with Crippen molar-refractivity contribution in [1.82, 2.24) is 0 Å². The molecule has 0 radical (unpaired) electrons. The lowest BCUT2D eigenvalue weighted by molar-refractivity contribution is 0.0981. The van der Waals surface area contributed by atoms with Crippen LogP contribution in [0, 0.1) is 0 Å². The van der Waals surface area contributed by atoms with E-state index in [0.717, 1.165) is 14.7 Å². The molecule has 2 aliphatic carbocycles. The normalized spacial score (nSPS) is 18.7. The number of ketones is 2. The standard InChI is InChI=1S/C27H19NO2S2/c1-28-25-23(32-18-10-6-3-7-11-18)15-14-21-24(25)27(30)20-13-12-19(16-22(20)26(21)29)31-17-8-4-2-5-9-17/h2-16,23H,1H3. The second-order valence-electron chi connectivity index (χ2n) is 7.39. The number of aliphatic imine (C=N–C) groups is 1. The smallest absolute Gasteiger partial charge is 0.196 e. The van der Waals surface area contributed by atoms with E-state index < -0.39 is 0 Å². The SMILES string of the molecule is CN=C1C2=C(C=CC1Sc1ccccc1)C(=O)c1cc(Sc3ccccc3)ccc1C2=O. The van der Waals surface area contributed by atoms with E-state index in [1.165, 1.54) is 0 Å². The number of fused-ring (bicyclic) bond motifs is 1. The average Bonchev–Trinajstić information content (AvgIpc) is 2.83. The molecule has 1 unspecified atom stereocenters. The van der Waals surface area contributed by atoms with Crippen LogP contribution in [-0.4, -0.2) is 29.6 Å². The van der Waals surface area contributed by atoms with E-state index in [2.05, 4.69) is 4.99 Å². The number of thioether (sulfide) groups is 1. The molecular weight excluding hydrogens is 434 g/mol. The van der Waals surface area contributed by atoms with Crippen molar-refractivity contribution in [1.29, 1.82) is 0 Å². The minimum atomic E-state index is -0.130. The molecule has 0 amide bonds. The highest BCUT2D eigenvalue weighted by molar-refractivity contribution is 8.01. The van der Waals surface area contributed by atoms with Gasteiger partial charge in [-0.25, -0.2) is 0 Å². The van der Waals surface area contributed by atoms with Crippen molar-refractivity contribution in [2.45, 2.75) is 19.9 Å². The Labute approximate surface area is 195 Å². The van der Waals surface area contributed by atoms with Gasteiger partial charge in [0.25, 0.3) is 0 Å². The molecule has 1 atom stereocenters. The van der Waals surface area contributed by atoms with Crippen LogP contribution in [0.25, 0.3) is 0 Å². The Morgan fingerprint density at radius 3 is 2.12 bits per heavy atom. The molecule has 3 nitrogen and oxygen atoms in total. The molecular formula is C27H19NO2S2. The summed E-state index contributed by atoms with van der Waals surface area (Å²) >= 11 is 3.20. The van der Waals surface area contributed by atoms with Crippen molar-refractivity contribution in [2.24, 2.45) is 4.99 Å². The third kappa shape index (κ3) is 3.78. The number of benzene rings is 3.